The summed E-state index contributed by atoms with van der Waals surface area (Å²) in [6, 6.07) is 7.64. The molecule has 0 radical (unpaired) electrons. The predicted octanol–water partition coefficient (Wildman–Crippen LogP) is 2.83. The van der Waals surface area contributed by atoms with E-state index in [0.29, 0.717) is 18.7 Å². The molecule has 1 unspecified atom stereocenters. The fraction of sp³-hybridized carbons (Fsp3) is 0.500. The lowest BCUT2D eigenvalue weighted by Crippen LogP contribution is -2.27. The molecule has 1 heterocycles. The molecular formula is C14H19NO3. The van der Waals surface area contributed by atoms with Gasteiger partial charge < -0.3 is 14.7 Å². The Morgan fingerprint density at radius 1 is 1.44 bits per heavy atom. The Hall–Kier alpha value is -1.55. The van der Waals surface area contributed by atoms with Gasteiger partial charge >= 0.3 is 0 Å². The summed E-state index contributed by atoms with van der Waals surface area (Å²) in [5, 5.41) is 12.1. The lowest BCUT2D eigenvalue weighted by atomic mass is 10.1. The summed E-state index contributed by atoms with van der Waals surface area (Å²) in [7, 11) is 0. The first-order valence-corrected chi connectivity index (χ1v) is 6.39. The van der Waals surface area contributed by atoms with Crippen LogP contribution < -0.4 is 4.74 Å². The Labute approximate surface area is 107 Å². The summed E-state index contributed by atoms with van der Waals surface area (Å²) >= 11 is 0. The van der Waals surface area contributed by atoms with E-state index in [1.165, 1.54) is 0 Å². The van der Waals surface area contributed by atoms with E-state index in [0.717, 1.165) is 30.8 Å². The van der Waals surface area contributed by atoms with Gasteiger partial charge in [-0.15, -0.1) is 0 Å². The molecule has 1 atom stereocenters. The van der Waals surface area contributed by atoms with Crippen LogP contribution >= 0.6 is 0 Å². The maximum Gasteiger partial charge on any atom is 0.122 e. The first kappa shape index (κ1) is 12.9. The smallest absolute Gasteiger partial charge is 0.122 e. The summed E-state index contributed by atoms with van der Waals surface area (Å²) in [6.45, 7) is 3.46. The third-order valence-electron chi connectivity index (χ3n) is 3.06. The van der Waals surface area contributed by atoms with Gasteiger partial charge in [-0.2, -0.15) is 0 Å². The van der Waals surface area contributed by atoms with E-state index >= 15 is 0 Å². The van der Waals surface area contributed by atoms with Crippen molar-refractivity contribution >= 4 is 5.71 Å². The second-order valence-corrected chi connectivity index (χ2v) is 4.38. The minimum absolute atomic E-state index is 0.154. The van der Waals surface area contributed by atoms with Crippen LogP contribution in [-0.4, -0.2) is 30.2 Å². The monoisotopic (exact) mass is 249 g/mol. The Kier molecular flexibility index (Phi) is 4.59. The third-order valence-corrected chi connectivity index (χ3v) is 3.06. The first-order valence-electron chi connectivity index (χ1n) is 6.39. The molecule has 1 aromatic rings. The largest absolute Gasteiger partial charge is 0.488 e. The summed E-state index contributed by atoms with van der Waals surface area (Å²) in [4.78, 5) is 0. The van der Waals surface area contributed by atoms with Gasteiger partial charge in [-0.05, 0) is 49.1 Å². The summed E-state index contributed by atoms with van der Waals surface area (Å²) in [5.41, 5.74) is 1.61. The van der Waals surface area contributed by atoms with Crippen LogP contribution in [0, 0.1) is 0 Å². The van der Waals surface area contributed by atoms with Crippen LogP contribution in [0.1, 0.15) is 31.7 Å². The standard InChI is InChI=1S/C14H19NO3/c1-2-14(15-16)11-5-7-12(8-6-11)18-13-4-3-9-17-10-13/h5-8,13,16H,2-4,9-10H2,1H3/b15-14-. The van der Waals surface area contributed by atoms with Gasteiger partial charge in [-0.25, -0.2) is 0 Å². The molecule has 0 aromatic heterocycles. The van der Waals surface area contributed by atoms with Gasteiger partial charge in [0.1, 0.15) is 11.9 Å². The normalized spacial score (nSPS) is 20.7. The number of oxime groups is 1. The number of ether oxygens (including phenoxy) is 2. The van der Waals surface area contributed by atoms with E-state index in [1.807, 2.05) is 31.2 Å². The second kappa shape index (κ2) is 6.40. The molecule has 1 saturated heterocycles. The van der Waals surface area contributed by atoms with Crippen molar-refractivity contribution in [3.05, 3.63) is 29.8 Å². The van der Waals surface area contributed by atoms with Crippen molar-refractivity contribution in [2.75, 3.05) is 13.2 Å². The van der Waals surface area contributed by atoms with Gasteiger partial charge in [0.25, 0.3) is 0 Å². The van der Waals surface area contributed by atoms with Crippen LogP contribution in [0.15, 0.2) is 29.4 Å². The van der Waals surface area contributed by atoms with E-state index in [9.17, 15) is 0 Å². The highest BCUT2D eigenvalue weighted by atomic mass is 16.5. The lowest BCUT2D eigenvalue weighted by molar-refractivity contribution is 0.00743. The van der Waals surface area contributed by atoms with Crippen LogP contribution in [-0.2, 0) is 4.74 Å². The van der Waals surface area contributed by atoms with E-state index in [4.69, 9.17) is 14.7 Å². The lowest BCUT2D eigenvalue weighted by Gasteiger charge is -2.23. The molecule has 0 bridgehead atoms. The molecule has 0 spiro atoms. The van der Waals surface area contributed by atoms with Gasteiger partial charge in [0.15, 0.2) is 0 Å². The molecule has 4 nitrogen and oxygen atoms in total. The molecule has 1 N–H and O–H groups in total. The quantitative estimate of drug-likeness (QED) is 0.507. The number of hydrogen-bond donors (Lipinski definition) is 1. The van der Waals surface area contributed by atoms with E-state index in [-0.39, 0.29) is 6.10 Å². The zero-order valence-electron chi connectivity index (χ0n) is 10.6. The molecule has 1 aliphatic rings. The topological polar surface area (TPSA) is 51.1 Å². The van der Waals surface area contributed by atoms with Crippen molar-refractivity contribution in [3.63, 3.8) is 0 Å². The average molecular weight is 249 g/mol. The van der Waals surface area contributed by atoms with Crippen molar-refractivity contribution < 1.29 is 14.7 Å². The first-order chi connectivity index (χ1) is 8.83. The van der Waals surface area contributed by atoms with Crippen molar-refractivity contribution in [3.8, 4) is 5.75 Å². The maximum absolute atomic E-state index is 8.85. The van der Waals surface area contributed by atoms with Gasteiger partial charge in [-0.3, -0.25) is 0 Å². The highest BCUT2D eigenvalue weighted by molar-refractivity contribution is 6.00. The van der Waals surface area contributed by atoms with E-state index in [1.54, 1.807) is 0 Å². The zero-order valence-corrected chi connectivity index (χ0v) is 10.6. The molecule has 0 aliphatic carbocycles. The number of hydrogen-bond acceptors (Lipinski definition) is 4. The number of benzene rings is 1. The molecule has 18 heavy (non-hydrogen) atoms. The van der Waals surface area contributed by atoms with Gasteiger partial charge in [0.05, 0.1) is 12.3 Å². The Bertz CT molecular complexity index is 394. The molecule has 4 heteroatoms. The predicted molar refractivity (Wildman–Crippen MR) is 69.5 cm³/mol. The zero-order chi connectivity index (χ0) is 12.8. The molecule has 98 valence electrons. The van der Waals surface area contributed by atoms with Crippen molar-refractivity contribution in [2.45, 2.75) is 32.3 Å². The molecule has 1 aliphatic heterocycles. The average Bonchev–Trinajstić information content (AvgIpc) is 2.43. The maximum atomic E-state index is 8.85. The fourth-order valence-corrected chi connectivity index (χ4v) is 2.06. The molecule has 1 aromatic carbocycles. The molecule has 0 amide bonds. The van der Waals surface area contributed by atoms with Crippen LogP contribution in [0.25, 0.3) is 0 Å². The fourth-order valence-electron chi connectivity index (χ4n) is 2.06. The molecule has 0 saturated carbocycles. The Morgan fingerprint density at radius 3 is 2.78 bits per heavy atom. The van der Waals surface area contributed by atoms with Crippen molar-refractivity contribution in [1.29, 1.82) is 0 Å². The van der Waals surface area contributed by atoms with Crippen molar-refractivity contribution in [1.82, 2.24) is 0 Å². The minimum atomic E-state index is 0.154. The highest BCUT2D eigenvalue weighted by Gasteiger charge is 2.15. The van der Waals surface area contributed by atoms with Crippen LogP contribution in [0.5, 0.6) is 5.75 Å². The summed E-state index contributed by atoms with van der Waals surface area (Å²) in [5.74, 6) is 0.836. The third kappa shape index (κ3) is 3.23. The van der Waals surface area contributed by atoms with Crippen molar-refractivity contribution in [2.24, 2.45) is 5.16 Å². The van der Waals surface area contributed by atoms with E-state index in [2.05, 4.69) is 5.16 Å². The van der Waals surface area contributed by atoms with Crippen LogP contribution in [0.2, 0.25) is 0 Å². The van der Waals surface area contributed by atoms with Gasteiger partial charge in [-0.1, -0.05) is 12.1 Å². The van der Waals surface area contributed by atoms with E-state index < -0.39 is 0 Å². The summed E-state index contributed by atoms with van der Waals surface area (Å²) in [6.07, 6.45) is 2.95. The second-order valence-electron chi connectivity index (χ2n) is 4.38. The Morgan fingerprint density at radius 2 is 2.22 bits per heavy atom. The van der Waals surface area contributed by atoms with Crippen LogP contribution in [0.4, 0.5) is 0 Å². The Balaban J connectivity index is 1.98. The number of rotatable bonds is 4. The molecular weight excluding hydrogens is 230 g/mol. The van der Waals surface area contributed by atoms with Crippen LogP contribution in [0.3, 0.4) is 0 Å². The van der Waals surface area contributed by atoms with Gasteiger partial charge in [0.2, 0.25) is 0 Å². The molecule has 2 rings (SSSR count). The summed E-state index contributed by atoms with van der Waals surface area (Å²) < 4.78 is 11.2. The minimum Gasteiger partial charge on any atom is -0.488 e. The van der Waals surface area contributed by atoms with Gasteiger partial charge in [0, 0.05) is 6.61 Å². The molecule has 1 fully saturated rings. The SMILES string of the molecule is CC/C(=N/O)c1ccc(OC2CCCOC2)cc1. The highest BCUT2D eigenvalue weighted by Crippen LogP contribution is 2.18. The number of nitrogens with zero attached hydrogens (tertiary/aromatic N) is 1.